The van der Waals surface area contributed by atoms with E-state index in [0.29, 0.717) is 25.1 Å². The average Bonchev–Trinajstić information content (AvgIpc) is 2.40. The molecule has 1 N–H and O–H groups in total. The van der Waals surface area contributed by atoms with Crippen molar-refractivity contribution in [3.63, 3.8) is 0 Å². The third-order valence-corrected chi connectivity index (χ3v) is 4.01. The summed E-state index contributed by atoms with van der Waals surface area (Å²) in [6, 6.07) is 4.29. The van der Waals surface area contributed by atoms with Gasteiger partial charge >= 0.3 is 12.1 Å². The first kappa shape index (κ1) is 19.1. The van der Waals surface area contributed by atoms with E-state index in [1.54, 1.807) is 11.0 Å². The molecule has 1 aromatic carbocycles. The molecule has 1 aliphatic heterocycles. The van der Waals surface area contributed by atoms with E-state index in [-0.39, 0.29) is 36.0 Å². The predicted octanol–water partition coefficient (Wildman–Crippen LogP) is 4.23. The van der Waals surface area contributed by atoms with Crippen molar-refractivity contribution >= 4 is 30.0 Å². The molecule has 1 heterocycles. The summed E-state index contributed by atoms with van der Waals surface area (Å²) in [6.07, 6.45) is -3.52. The van der Waals surface area contributed by atoms with Gasteiger partial charge in [-0.15, -0.1) is 12.4 Å². The summed E-state index contributed by atoms with van der Waals surface area (Å²) in [6.45, 7) is 0.843. The van der Waals surface area contributed by atoms with Crippen molar-refractivity contribution in [2.24, 2.45) is 5.92 Å². The zero-order chi connectivity index (χ0) is 15.6. The van der Waals surface area contributed by atoms with Crippen molar-refractivity contribution < 1.29 is 23.1 Å². The van der Waals surface area contributed by atoms with Crippen LogP contribution in [0.1, 0.15) is 28.8 Å². The number of carboxylic acid groups (broad SMARTS) is 1. The molecular weight excluding hydrogens is 342 g/mol. The van der Waals surface area contributed by atoms with Gasteiger partial charge in [0, 0.05) is 18.1 Å². The van der Waals surface area contributed by atoms with Gasteiger partial charge in [0.2, 0.25) is 0 Å². The fourth-order valence-electron chi connectivity index (χ4n) is 2.52. The molecule has 1 saturated heterocycles. The van der Waals surface area contributed by atoms with Crippen molar-refractivity contribution in [1.82, 2.24) is 4.90 Å². The second-order valence-electron chi connectivity index (χ2n) is 5.23. The van der Waals surface area contributed by atoms with Crippen LogP contribution in [0.15, 0.2) is 18.2 Å². The summed E-state index contributed by atoms with van der Waals surface area (Å²) in [7, 11) is 0. The Labute approximate surface area is 137 Å². The summed E-state index contributed by atoms with van der Waals surface area (Å²) in [4.78, 5) is 12.5. The minimum Gasteiger partial charge on any atom is -0.478 e. The lowest BCUT2D eigenvalue weighted by atomic mass is 9.97. The molecule has 0 saturated carbocycles. The van der Waals surface area contributed by atoms with E-state index in [0.717, 1.165) is 0 Å². The molecule has 1 unspecified atom stereocenters. The van der Waals surface area contributed by atoms with Crippen LogP contribution in [0, 0.1) is 5.92 Å². The Morgan fingerprint density at radius 2 is 2.09 bits per heavy atom. The summed E-state index contributed by atoms with van der Waals surface area (Å²) in [5.74, 6) is -2.39. The zero-order valence-electron chi connectivity index (χ0n) is 11.6. The van der Waals surface area contributed by atoms with E-state index in [4.69, 9.17) is 16.7 Å². The number of nitrogens with zero attached hydrogens (tertiary/aromatic N) is 1. The van der Waals surface area contributed by atoms with Crippen LogP contribution >= 0.6 is 24.0 Å². The Hall–Kier alpha value is -0.980. The molecule has 0 amide bonds. The molecule has 3 nitrogen and oxygen atoms in total. The third-order valence-electron chi connectivity index (χ3n) is 3.66. The molecule has 0 spiro atoms. The summed E-state index contributed by atoms with van der Waals surface area (Å²) in [5.41, 5.74) is 0.708. The summed E-state index contributed by atoms with van der Waals surface area (Å²) in [5, 5.41) is 9.12. The van der Waals surface area contributed by atoms with Crippen molar-refractivity contribution in [3.05, 3.63) is 34.3 Å². The number of aromatic carboxylic acids is 1. The normalized spacial score (nSPS) is 19.5. The van der Waals surface area contributed by atoms with Crippen molar-refractivity contribution in [2.45, 2.75) is 25.6 Å². The second kappa shape index (κ2) is 7.53. The fraction of sp³-hybridized carbons (Fsp3) is 0.500. The molecule has 0 radical (unpaired) electrons. The second-order valence-corrected chi connectivity index (χ2v) is 5.63. The first-order valence-corrected chi connectivity index (χ1v) is 6.96. The van der Waals surface area contributed by atoms with Gasteiger partial charge in [-0.1, -0.05) is 17.7 Å². The summed E-state index contributed by atoms with van der Waals surface area (Å²) < 4.78 is 38.3. The largest absolute Gasteiger partial charge is 0.478 e. The minimum absolute atomic E-state index is 0. The Kier molecular flexibility index (Phi) is 6.52. The number of rotatable bonds is 3. The number of hydrogen-bond donors (Lipinski definition) is 1. The Balaban J connectivity index is 0.00000242. The zero-order valence-corrected chi connectivity index (χ0v) is 13.1. The third kappa shape index (κ3) is 4.76. The molecule has 0 aromatic heterocycles. The highest BCUT2D eigenvalue weighted by Gasteiger charge is 2.41. The molecule has 124 valence electrons. The number of alkyl halides is 3. The molecule has 1 aromatic rings. The molecular formula is C14H16Cl2F3NO2. The molecule has 8 heteroatoms. The van der Waals surface area contributed by atoms with E-state index < -0.39 is 18.1 Å². The number of carboxylic acids is 1. The summed E-state index contributed by atoms with van der Waals surface area (Å²) >= 11 is 6.01. The Bertz CT molecular complexity index is 537. The van der Waals surface area contributed by atoms with Crippen LogP contribution in [0.2, 0.25) is 5.02 Å². The first-order valence-electron chi connectivity index (χ1n) is 6.58. The van der Waals surface area contributed by atoms with Crippen LogP contribution in [0.4, 0.5) is 13.2 Å². The van der Waals surface area contributed by atoms with E-state index in [1.165, 1.54) is 12.1 Å². The molecule has 2 rings (SSSR count). The van der Waals surface area contributed by atoms with Gasteiger partial charge in [0.25, 0.3) is 0 Å². The van der Waals surface area contributed by atoms with Crippen molar-refractivity contribution in [2.75, 3.05) is 13.1 Å². The van der Waals surface area contributed by atoms with E-state index in [2.05, 4.69) is 0 Å². The lowest BCUT2D eigenvalue weighted by molar-refractivity contribution is -0.187. The van der Waals surface area contributed by atoms with Crippen LogP contribution in [0.25, 0.3) is 0 Å². The highest BCUT2D eigenvalue weighted by atomic mass is 35.5. The Morgan fingerprint density at radius 3 is 2.64 bits per heavy atom. The maximum Gasteiger partial charge on any atom is 0.393 e. The van der Waals surface area contributed by atoms with Gasteiger partial charge in [-0.05, 0) is 37.1 Å². The maximum atomic E-state index is 12.8. The maximum absolute atomic E-state index is 12.8. The van der Waals surface area contributed by atoms with Crippen LogP contribution in [-0.2, 0) is 6.54 Å². The van der Waals surface area contributed by atoms with Gasteiger partial charge < -0.3 is 5.11 Å². The van der Waals surface area contributed by atoms with E-state index >= 15 is 0 Å². The van der Waals surface area contributed by atoms with Gasteiger partial charge in [0.15, 0.2) is 0 Å². The van der Waals surface area contributed by atoms with Gasteiger partial charge in [-0.25, -0.2) is 4.79 Å². The topological polar surface area (TPSA) is 40.5 Å². The predicted molar refractivity (Wildman–Crippen MR) is 79.7 cm³/mol. The Morgan fingerprint density at radius 1 is 1.41 bits per heavy atom. The highest BCUT2D eigenvalue weighted by molar-refractivity contribution is 6.31. The lowest BCUT2D eigenvalue weighted by Gasteiger charge is -2.33. The molecule has 0 bridgehead atoms. The van der Waals surface area contributed by atoms with Crippen molar-refractivity contribution in [3.8, 4) is 0 Å². The average molecular weight is 358 g/mol. The molecule has 0 aliphatic carbocycles. The molecule has 1 fully saturated rings. The molecule has 1 atom stereocenters. The van der Waals surface area contributed by atoms with Gasteiger partial charge in [-0.2, -0.15) is 13.2 Å². The van der Waals surface area contributed by atoms with Crippen LogP contribution in [0.3, 0.4) is 0 Å². The van der Waals surface area contributed by atoms with Crippen LogP contribution in [0.5, 0.6) is 0 Å². The number of likely N-dealkylation sites (tertiary alicyclic amines) is 1. The number of halogens is 5. The smallest absolute Gasteiger partial charge is 0.393 e. The highest BCUT2D eigenvalue weighted by Crippen LogP contribution is 2.34. The van der Waals surface area contributed by atoms with Crippen LogP contribution < -0.4 is 0 Å². The molecule has 22 heavy (non-hydrogen) atoms. The first-order chi connectivity index (χ1) is 9.77. The SMILES string of the molecule is Cl.O=C(O)c1ccc(CN2CCCC(C(F)(F)F)C2)c(Cl)c1. The number of hydrogen-bond acceptors (Lipinski definition) is 2. The monoisotopic (exact) mass is 357 g/mol. The quantitative estimate of drug-likeness (QED) is 0.879. The minimum atomic E-state index is -4.17. The number of benzene rings is 1. The lowest BCUT2D eigenvalue weighted by Crippen LogP contribution is -2.41. The van der Waals surface area contributed by atoms with E-state index in [1.807, 2.05) is 0 Å². The fourth-order valence-corrected chi connectivity index (χ4v) is 2.76. The number of carbonyl (C=O) groups is 1. The van der Waals surface area contributed by atoms with E-state index in [9.17, 15) is 18.0 Å². The van der Waals surface area contributed by atoms with Gasteiger partial charge in [-0.3, -0.25) is 4.90 Å². The van der Waals surface area contributed by atoms with Gasteiger partial charge in [0.05, 0.1) is 11.5 Å². The number of piperidine rings is 1. The standard InChI is InChI=1S/C14H15ClF3NO2.ClH/c15-12-6-9(13(20)21)3-4-10(12)7-19-5-1-2-11(8-19)14(16,17)18;/h3-4,6,11H,1-2,5,7-8H2,(H,20,21);1H. The van der Waals surface area contributed by atoms with Crippen molar-refractivity contribution in [1.29, 1.82) is 0 Å². The van der Waals surface area contributed by atoms with Gasteiger partial charge in [0.1, 0.15) is 0 Å². The van der Waals surface area contributed by atoms with Crippen LogP contribution in [-0.4, -0.2) is 35.2 Å². The molecule has 1 aliphatic rings.